The first kappa shape index (κ1) is 24.0. The Bertz CT molecular complexity index is 974. The monoisotopic (exact) mass is 456 g/mol. The zero-order chi connectivity index (χ0) is 21.0. The van der Waals surface area contributed by atoms with E-state index in [1.807, 2.05) is 64.1 Å². The van der Waals surface area contributed by atoms with Gasteiger partial charge in [0.2, 0.25) is 0 Å². The van der Waals surface area contributed by atoms with Crippen LogP contribution in [0.4, 0.5) is 4.39 Å². The van der Waals surface area contributed by atoms with Gasteiger partial charge in [0.15, 0.2) is 0 Å². The average molecular weight is 457 g/mol. The summed E-state index contributed by atoms with van der Waals surface area (Å²) >= 11 is 0. The predicted octanol–water partition coefficient (Wildman–Crippen LogP) is 5.13. The van der Waals surface area contributed by atoms with Gasteiger partial charge < -0.3 is 5.11 Å². The van der Waals surface area contributed by atoms with E-state index < -0.39 is 0 Å². The Kier molecular flexibility index (Phi) is 8.13. The molecule has 3 aromatic rings. The summed E-state index contributed by atoms with van der Waals surface area (Å²) in [5.41, 5.74) is 3.60. The van der Waals surface area contributed by atoms with Crippen LogP contribution in [0.1, 0.15) is 49.0 Å². The Balaban J connectivity index is 0.00000320. The summed E-state index contributed by atoms with van der Waals surface area (Å²) < 4.78 is 14.3. The fraction of sp³-hybridized carbons (Fsp3) is 0.333. The normalized spacial score (nSPS) is 11.4. The summed E-state index contributed by atoms with van der Waals surface area (Å²) in [6, 6.07) is 14.5. The smallest absolute Gasteiger partial charge is 0.507 e. The topological polar surface area (TPSA) is 49.2 Å². The van der Waals surface area contributed by atoms with Crippen molar-refractivity contribution in [3.63, 3.8) is 0 Å². The molecule has 3 rings (SSSR count). The molecule has 0 aliphatic carbocycles. The van der Waals surface area contributed by atoms with E-state index in [0.717, 1.165) is 17.1 Å². The zero-order valence-electron chi connectivity index (χ0n) is 17.8. The van der Waals surface area contributed by atoms with Crippen LogP contribution < -0.4 is 0 Å². The number of phenolic OH excluding ortho intramolecular Hbond substituents is 1. The maximum atomic E-state index is 14.3. The molecule has 1 N–H and O–H groups in total. The van der Waals surface area contributed by atoms with Crippen LogP contribution in [0, 0.1) is 12.7 Å². The van der Waals surface area contributed by atoms with E-state index in [2.05, 4.69) is 14.9 Å². The van der Waals surface area contributed by atoms with E-state index in [9.17, 15) is 9.50 Å². The second kappa shape index (κ2) is 10.2. The molecule has 2 heterocycles. The van der Waals surface area contributed by atoms with Crippen LogP contribution in [0.5, 0.6) is 5.75 Å². The van der Waals surface area contributed by atoms with Crippen molar-refractivity contribution < 1.29 is 26.6 Å². The summed E-state index contributed by atoms with van der Waals surface area (Å²) in [5.74, 6) is -0.184. The Labute approximate surface area is 188 Å². The van der Waals surface area contributed by atoms with Crippen molar-refractivity contribution in [2.45, 2.75) is 52.7 Å². The van der Waals surface area contributed by atoms with Crippen molar-refractivity contribution in [1.82, 2.24) is 14.9 Å². The Hall–Kier alpha value is -2.27. The maximum absolute atomic E-state index is 14.3. The predicted molar refractivity (Wildman–Crippen MR) is 113 cm³/mol. The third-order valence-corrected chi connectivity index (χ3v) is 4.80. The molecule has 4 nitrogen and oxygen atoms in total. The molecule has 1 radical (unpaired) electrons. The van der Waals surface area contributed by atoms with Gasteiger partial charge in [0.05, 0.1) is 11.4 Å². The Morgan fingerprint density at radius 1 is 0.967 bits per heavy atom. The first-order chi connectivity index (χ1) is 13.7. The van der Waals surface area contributed by atoms with Gasteiger partial charge in [-0.25, -0.2) is 4.39 Å². The summed E-state index contributed by atoms with van der Waals surface area (Å²) in [4.78, 5) is 11.1. The molecule has 0 unspecified atom stereocenters. The van der Waals surface area contributed by atoms with Crippen LogP contribution >= 0.6 is 0 Å². The average Bonchev–Trinajstić information content (AvgIpc) is 2.64. The summed E-state index contributed by atoms with van der Waals surface area (Å²) in [5, 5.41) is 10.8. The summed E-state index contributed by atoms with van der Waals surface area (Å²) in [6.07, 6.45) is 1.76. The zero-order valence-corrected chi connectivity index (χ0v) is 18.7. The standard InChI is InChI=1S/C24H28FN3O.Cu/c1-17-8-7-10-21(27-17)16-28(15-20-9-5-6-11-26-20)14-18-12-19(25)13-22(23(18)29)24(2,3)4;/h5-13,29H,14-16H2,1-4H3;/q;+2. The molecule has 0 bridgehead atoms. The SMILES string of the molecule is Cc1cccc(CN(Cc2ccccn2)Cc2cc(F)cc(C(C)(C)C)c2O)n1.[Cu+2]. The number of phenols is 1. The van der Waals surface area contributed by atoms with E-state index in [-0.39, 0.29) is 34.1 Å². The number of halogens is 1. The van der Waals surface area contributed by atoms with Crippen molar-refractivity contribution in [2.75, 3.05) is 0 Å². The quantitative estimate of drug-likeness (QED) is 0.522. The molecule has 2 aromatic heterocycles. The molecule has 0 fully saturated rings. The molecule has 0 saturated carbocycles. The molecule has 30 heavy (non-hydrogen) atoms. The number of aromatic nitrogens is 2. The number of hydrogen-bond acceptors (Lipinski definition) is 4. The second-order valence-electron chi connectivity index (χ2n) is 8.45. The first-order valence-electron chi connectivity index (χ1n) is 9.79. The number of nitrogens with zero attached hydrogens (tertiary/aromatic N) is 3. The van der Waals surface area contributed by atoms with Gasteiger partial charge in [-0.1, -0.05) is 32.9 Å². The third kappa shape index (κ3) is 6.36. The van der Waals surface area contributed by atoms with E-state index in [1.54, 1.807) is 6.20 Å². The minimum atomic E-state index is -0.356. The fourth-order valence-corrected chi connectivity index (χ4v) is 3.39. The minimum Gasteiger partial charge on any atom is -0.507 e. The van der Waals surface area contributed by atoms with Gasteiger partial charge in [-0.05, 0) is 48.7 Å². The number of hydrogen-bond donors (Lipinski definition) is 1. The van der Waals surface area contributed by atoms with Crippen molar-refractivity contribution >= 4 is 0 Å². The van der Waals surface area contributed by atoms with Crippen LogP contribution in [0.2, 0.25) is 0 Å². The summed E-state index contributed by atoms with van der Waals surface area (Å²) in [7, 11) is 0. The number of aromatic hydroxyl groups is 1. The number of aryl methyl sites for hydroxylation is 1. The fourth-order valence-electron chi connectivity index (χ4n) is 3.39. The number of benzene rings is 1. The van der Waals surface area contributed by atoms with E-state index in [1.165, 1.54) is 12.1 Å². The van der Waals surface area contributed by atoms with Gasteiger partial charge in [-0.3, -0.25) is 14.9 Å². The van der Waals surface area contributed by atoms with Gasteiger partial charge in [-0.2, -0.15) is 0 Å². The molecule has 6 heteroatoms. The minimum absolute atomic E-state index is 0. The van der Waals surface area contributed by atoms with E-state index >= 15 is 0 Å². The molecule has 161 valence electrons. The van der Waals surface area contributed by atoms with Crippen molar-refractivity contribution in [2.24, 2.45) is 0 Å². The Morgan fingerprint density at radius 3 is 2.30 bits per heavy atom. The van der Waals surface area contributed by atoms with Crippen molar-refractivity contribution in [3.05, 3.63) is 88.8 Å². The molecule has 0 spiro atoms. The maximum Gasteiger partial charge on any atom is 2.00 e. The van der Waals surface area contributed by atoms with Crippen LogP contribution in [-0.4, -0.2) is 20.0 Å². The third-order valence-electron chi connectivity index (χ3n) is 4.80. The molecular formula is C24H28CuFN3O+2. The molecule has 1 aromatic carbocycles. The molecular weight excluding hydrogens is 429 g/mol. The van der Waals surface area contributed by atoms with Gasteiger partial charge in [0.1, 0.15) is 11.6 Å². The second-order valence-corrected chi connectivity index (χ2v) is 8.45. The van der Waals surface area contributed by atoms with Gasteiger partial charge in [-0.15, -0.1) is 0 Å². The van der Waals surface area contributed by atoms with E-state index in [0.29, 0.717) is 30.8 Å². The van der Waals surface area contributed by atoms with E-state index in [4.69, 9.17) is 0 Å². The van der Waals surface area contributed by atoms with Gasteiger partial charge >= 0.3 is 17.1 Å². The molecule has 0 atom stereocenters. The first-order valence-corrected chi connectivity index (χ1v) is 9.79. The van der Waals surface area contributed by atoms with Crippen molar-refractivity contribution in [1.29, 1.82) is 0 Å². The van der Waals surface area contributed by atoms with Crippen LogP contribution in [0.15, 0.2) is 54.7 Å². The van der Waals surface area contributed by atoms with Crippen LogP contribution in [-0.2, 0) is 42.1 Å². The molecule has 0 saturated heterocycles. The van der Waals surface area contributed by atoms with Crippen molar-refractivity contribution in [3.8, 4) is 5.75 Å². The summed E-state index contributed by atoms with van der Waals surface area (Å²) in [6.45, 7) is 9.38. The molecule has 0 aliphatic heterocycles. The largest absolute Gasteiger partial charge is 2.00 e. The Morgan fingerprint density at radius 2 is 1.67 bits per heavy atom. The number of pyridine rings is 2. The number of rotatable bonds is 6. The van der Waals surface area contributed by atoms with Gasteiger partial charge in [0.25, 0.3) is 0 Å². The van der Waals surface area contributed by atoms with Crippen LogP contribution in [0.25, 0.3) is 0 Å². The van der Waals surface area contributed by atoms with Gasteiger partial charge in [0, 0.05) is 42.7 Å². The molecule has 0 aliphatic rings. The molecule has 0 amide bonds. The van der Waals surface area contributed by atoms with Crippen LogP contribution in [0.3, 0.4) is 0 Å².